The highest BCUT2D eigenvalue weighted by molar-refractivity contribution is 8.48. The van der Waals surface area contributed by atoms with Crippen molar-refractivity contribution < 1.29 is 38.2 Å². The fraction of sp³-hybridized carbons (Fsp3) is 0.857. The van der Waals surface area contributed by atoms with Crippen LogP contribution in [0.5, 0.6) is 0 Å². The molecule has 0 rings (SSSR count). The second-order valence-corrected chi connectivity index (χ2v) is 35.5. The smallest absolute Gasteiger partial charge is 0.319 e. The third kappa shape index (κ3) is 33.3. The Kier molecular flexibility index (Phi) is 35.1. The van der Waals surface area contributed by atoms with Crippen molar-refractivity contribution in [3.8, 4) is 0 Å². The number of ketones is 2. The Balaban J connectivity index is -0.00000145. The van der Waals surface area contributed by atoms with Gasteiger partial charge in [0.1, 0.15) is 28.1 Å². The number of aliphatic carboxylic acids is 2. The first kappa shape index (κ1) is 65.4. The Morgan fingerprint density at radius 3 is 1.16 bits per heavy atom. The molecule has 0 saturated carbocycles. The van der Waals surface area contributed by atoms with Crippen molar-refractivity contribution in [2.45, 2.75) is 185 Å². The average Bonchev–Trinajstić information content (AvgIpc) is 3.12. The van der Waals surface area contributed by atoms with Crippen molar-refractivity contribution in [2.24, 2.45) is 11.5 Å². The Labute approximate surface area is 401 Å². The van der Waals surface area contributed by atoms with Gasteiger partial charge in [0.05, 0.1) is 9.49 Å². The van der Waals surface area contributed by atoms with E-state index in [0.717, 1.165) is 87.4 Å². The normalized spacial score (nSPS) is 12.6. The summed E-state index contributed by atoms with van der Waals surface area (Å²) >= 11 is 15.4. The zero-order chi connectivity index (χ0) is 48.3. The second-order valence-electron chi connectivity index (χ2n) is 17.9. The van der Waals surface area contributed by atoms with E-state index in [2.05, 4.69) is 51.9 Å². The number of thiocarbonyl (C=S) groups is 2. The van der Waals surface area contributed by atoms with Crippen molar-refractivity contribution in [3.63, 3.8) is 0 Å². The number of carboxylic acid groups (broad SMARTS) is 2. The van der Waals surface area contributed by atoms with Gasteiger partial charge in [0, 0.05) is 26.1 Å². The molecule has 0 amide bonds. The van der Waals surface area contributed by atoms with E-state index >= 15 is 0 Å². The van der Waals surface area contributed by atoms with Gasteiger partial charge in [0.2, 0.25) is 0 Å². The van der Waals surface area contributed by atoms with Gasteiger partial charge in [0.25, 0.3) is 0 Å². The van der Waals surface area contributed by atoms with Gasteiger partial charge < -0.3 is 35.4 Å². The number of carbonyl (C=O) groups excluding carboxylic acids is 2. The topological polar surface area (TPSA) is 182 Å². The minimum Gasteiger partial charge on any atom is -0.480 e. The van der Waals surface area contributed by atoms with Crippen LogP contribution in [0.1, 0.15) is 128 Å². The molecular formula is C42H85N3O8S6Si2. The summed E-state index contributed by atoms with van der Waals surface area (Å²) in [4.78, 5) is 50.7. The van der Waals surface area contributed by atoms with E-state index in [4.69, 9.17) is 44.8 Å². The number of thioether (sulfide) groups is 4. The number of nitrogens with two attached hydrogens (primary N) is 2. The minimum absolute atomic E-state index is 0.0794. The lowest BCUT2D eigenvalue weighted by molar-refractivity contribution is -0.139. The number of hydrogen-bond donors (Lipinski definition) is 4. The van der Waals surface area contributed by atoms with E-state index in [1.807, 2.05) is 27.7 Å². The van der Waals surface area contributed by atoms with Crippen LogP contribution in [0.4, 0.5) is 0 Å². The maximum atomic E-state index is 12.9. The van der Waals surface area contributed by atoms with Gasteiger partial charge in [-0.05, 0) is 158 Å². The molecule has 0 aliphatic heterocycles. The molecule has 0 aliphatic rings. The monoisotopic (exact) mass is 1010 g/mol. The molecular weight excluding hydrogens is 923 g/mol. The quantitative estimate of drug-likeness (QED) is 0.0315. The predicted molar refractivity (Wildman–Crippen MR) is 282 cm³/mol. The third-order valence-electron chi connectivity index (χ3n) is 9.62. The SMILES string of the molecule is CC(C)(SC(=S)SC(C)(C)C(=O)CCCCO[Si](C)(C)CCCCC(=O)C(C)(C)SC(=S)SC(C)(C)C(=O)O)C(=O)O.CCN(CC)CC.C[Si](C)(CCCN)OCCCN. The van der Waals surface area contributed by atoms with Crippen molar-refractivity contribution in [1.82, 2.24) is 4.90 Å². The summed E-state index contributed by atoms with van der Waals surface area (Å²) in [5, 5.41) is 18.6. The zero-order valence-electron chi connectivity index (χ0n) is 40.4. The van der Waals surface area contributed by atoms with E-state index in [1.165, 1.54) is 43.2 Å². The van der Waals surface area contributed by atoms with E-state index in [9.17, 15) is 29.4 Å². The van der Waals surface area contributed by atoms with Gasteiger partial charge in [-0.15, -0.1) is 0 Å². The van der Waals surface area contributed by atoms with Crippen LogP contribution in [-0.4, -0.2) is 127 Å². The summed E-state index contributed by atoms with van der Waals surface area (Å²) in [6, 6.07) is 2.09. The number of unbranched alkanes of at least 4 members (excludes halogenated alkanes) is 2. The number of nitrogens with zero attached hydrogens (tertiary/aromatic N) is 1. The summed E-state index contributed by atoms with van der Waals surface area (Å²) in [5.41, 5.74) is 10.8. The zero-order valence-corrected chi connectivity index (χ0v) is 47.3. The van der Waals surface area contributed by atoms with Crippen molar-refractivity contribution in [3.05, 3.63) is 0 Å². The molecule has 19 heteroatoms. The molecule has 0 fully saturated rings. The van der Waals surface area contributed by atoms with Crippen LogP contribution in [0.15, 0.2) is 0 Å². The average molecular weight is 1010 g/mol. The van der Waals surface area contributed by atoms with Gasteiger partial charge in [-0.1, -0.05) is 98.7 Å². The summed E-state index contributed by atoms with van der Waals surface area (Å²) in [7, 11) is -3.30. The molecule has 0 aliphatic carbocycles. The standard InChI is InChI=1S/C28H48O7S6Si.C8H22N2OSi.C6H15N/c1-25(2,38-23(36)40-27(5,6)21(31)32)19(29)15-11-13-17-35-42(9,10)18-14-12-16-20(30)26(3,4)39-24(37)41-28(7,8)22(33)34;1-12(2,8-4-6-10)11-7-3-5-9;1-4-7(5-2)6-3/h11-18H2,1-10H3,(H,31,32)(H,33,34);3-10H2,1-2H3;4-6H2,1-3H3. The van der Waals surface area contributed by atoms with Crippen molar-refractivity contribution in [2.75, 3.05) is 45.9 Å². The highest BCUT2D eigenvalue weighted by Gasteiger charge is 2.36. The first-order valence-corrected chi connectivity index (χ1v) is 31.9. The van der Waals surface area contributed by atoms with Crippen LogP contribution < -0.4 is 11.5 Å². The van der Waals surface area contributed by atoms with Gasteiger partial charge in [0.15, 0.2) is 16.6 Å². The van der Waals surface area contributed by atoms with E-state index in [-0.39, 0.29) is 11.6 Å². The summed E-state index contributed by atoms with van der Waals surface area (Å²) in [6.07, 6.45) is 6.03. The van der Waals surface area contributed by atoms with Crippen LogP contribution >= 0.6 is 71.5 Å². The number of rotatable bonds is 29. The van der Waals surface area contributed by atoms with Crippen LogP contribution in [0.3, 0.4) is 0 Å². The first-order chi connectivity index (χ1) is 27.8. The van der Waals surface area contributed by atoms with Gasteiger partial charge in [-0.3, -0.25) is 19.2 Å². The summed E-state index contributed by atoms with van der Waals surface area (Å²) < 4.78 is 9.36. The molecule has 0 bridgehead atoms. The lowest BCUT2D eigenvalue weighted by Gasteiger charge is -2.26. The lowest BCUT2D eigenvalue weighted by atomic mass is 10.0. The van der Waals surface area contributed by atoms with Crippen LogP contribution in [-0.2, 0) is 28.0 Å². The number of carbonyl (C=O) groups is 4. The summed E-state index contributed by atoms with van der Waals surface area (Å²) in [6.45, 7) is 35.5. The van der Waals surface area contributed by atoms with Crippen molar-refractivity contribution in [1.29, 1.82) is 0 Å². The molecule has 0 aromatic heterocycles. The van der Waals surface area contributed by atoms with E-state index < -0.39 is 47.6 Å². The molecule has 360 valence electrons. The minimum atomic E-state index is -1.91. The largest absolute Gasteiger partial charge is 0.480 e. The maximum Gasteiger partial charge on any atom is 0.319 e. The second kappa shape index (κ2) is 32.7. The molecule has 0 heterocycles. The third-order valence-corrected chi connectivity index (χ3v) is 20.2. The Hall–Kier alpha value is 0.0938. The lowest BCUT2D eigenvalue weighted by Crippen LogP contribution is -2.32. The molecule has 61 heavy (non-hydrogen) atoms. The molecule has 0 radical (unpaired) electrons. The molecule has 0 spiro atoms. The fourth-order valence-corrected chi connectivity index (χ4v) is 16.5. The summed E-state index contributed by atoms with van der Waals surface area (Å²) in [5.74, 6) is -1.71. The highest BCUT2D eigenvalue weighted by atomic mass is 32.2. The molecule has 0 aromatic rings. The first-order valence-electron chi connectivity index (χ1n) is 21.6. The van der Waals surface area contributed by atoms with Crippen LogP contribution in [0.25, 0.3) is 0 Å². The Bertz CT molecular complexity index is 1330. The Morgan fingerprint density at radius 2 is 0.852 bits per heavy atom. The molecule has 0 unspecified atom stereocenters. The molecule has 11 nitrogen and oxygen atoms in total. The van der Waals surface area contributed by atoms with E-state index in [1.54, 1.807) is 27.7 Å². The van der Waals surface area contributed by atoms with Crippen LogP contribution in [0.2, 0.25) is 38.3 Å². The molecule has 0 saturated heterocycles. The number of Topliss-reactive ketones (excluding diaryl/α,β-unsaturated/α-hetero) is 2. The molecule has 0 atom stereocenters. The Morgan fingerprint density at radius 1 is 0.541 bits per heavy atom. The number of hydrogen-bond acceptors (Lipinski definition) is 15. The van der Waals surface area contributed by atoms with E-state index in [0.29, 0.717) is 32.9 Å². The maximum absolute atomic E-state index is 12.9. The van der Waals surface area contributed by atoms with Crippen molar-refractivity contribution >= 4 is 119 Å². The van der Waals surface area contributed by atoms with Gasteiger partial charge in [-0.25, -0.2) is 0 Å². The van der Waals surface area contributed by atoms with Gasteiger partial charge >= 0.3 is 11.9 Å². The fourth-order valence-electron chi connectivity index (χ4n) is 5.03. The molecule has 0 aromatic carbocycles. The van der Waals surface area contributed by atoms with Crippen LogP contribution in [0, 0.1) is 0 Å². The van der Waals surface area contributed by atoms with Gasteiger partial charge in [-0.2, -0.15) is 0 Å². The number of carboxylic acids is 2. The highest BCUT2D eigenvalue weighted by Crippen LogP contribution is 2.39. The molecule has 6 N–H and O–H groups in total. The predicted octanol–water partition coefficient (Wildman–Crippen LogP) is 10.7.